The van der Waals surface area contributed by atoms with Gasteiger partial charge >= 0.3 is 6.03 Å². The average Bonchev–Trinajstić information content (AvgIpc) is 3.40. The van der Waals surface area contributed by atoms with Crippen molar-refractivity contribution in [3.63, 3.8) is 0 Å². The van der Waals surface area contributed by atoms with Crippen LogP contribution in [0.4, 0.5) is 4.79 Å². The third kappa shape index (κ3) is 4.69. The SMILES string of the molecule is O=C(NCc1ccco1)N1CCC(C2CCN(Cc3cccnc3)CC2)C1. The van der Waals surface area contributed by atoms with E-state index in [4.69, 9.17) is 4.42 Å². The summed E-state index contributed by atoms with van der Waals surface area (Å²) in [5.74, 6) is 2.16. The first-order valence-electron chi connectivity index (χ1n) is 9.94. The predicted octanol–water partition coefficient (Wildman–Crippen LogP) is 3.12. The fourth-order valence-electron chi connectivity index (χ4n) is 4.38. The zero-order chi connectivity index (χ0) is 18.5. The van der Waals surface area contributed by atoms with Crippen molar-refractivity contribution in [2.45, 2.75) is 32.4 Å². The topological polar surface area (TPSA) is 61.6 Å². The number of likely N-dealkylation sites (tertiary alicyclic amines) is 2. The van der Waals surface area contributed by atoms with Crippen LogP contribution in [-0.2, 0) is 13.1 Å². The highest BCUT2D eigenvalue weighted by atomic mass is 16.3. The van der Waals surface area contributed by atoms with Gasteiger partial charge in [-0.3, -0.25) is 9.88 Å². The van der Waals surface area contributed by atoms with Crippen molar-refractivity contribution in [2.24, 2.45) is 11.8 Å². The van der Waals surface area contributed by atoms with E-state index in [1.807, 2.05) is 35.5 Å². The lowest BCUT2D eigenvalue weighted by molar-refractivity contribution is 0.142. The number of aromatic nitrogens is 1. The first kappa shape index (κ1) is 18.0. The molecule has 0 aliphatic carbocycles. The van der Waals surface area contributed by atoms with E-state index >= 15 is 0 Å². The first-order valence-corrected chi connectivity index (χ1v) is 9.94. The van der Waals surface area contributed by atoms with Gasteiger partial charge in [0.2, 0.25) is 0 Å². The number of carbonyl (C=O) groups excluding carboxylic acids is 1. The molecule has 1 unspecified atom stereocenters. The van der Waals surface area contributed by atoms with Gasteiger partial charge in [-0.2, -0.15) is 0 Å². The molecule has 1 atom stereocenters. The molecule has 1 N–H and O–H groups in total. The quantitative estimate of drug-likeness (QED) is 0.881. The zero-order valence-corrected chi connectivity index (χ0v) is 15.7. The molecule has 2 aliphatic rings. The fourth-order valence-corrected chi connectivity index (χ4v) is 4.38. The van der Waals surface area contributed by atoms with Crippen molar-refractivity contribution in [3.8, 4) is 0 Å². The molecule has 0 saturated carbocycles. The highest BCUT2D eigenvalue weighted by molar-refractivity contribution is 5.74. The van der Waals surface area contributed by atoms with E-state index in [2.05, 4.69) is 21.3 Å². The molecule has 6 heteroatoms. The van der Waals surface area contributed by atoms with E-state index in [1.165, 1.54) is 18.4 Å². The summed E-state index contributed by atoms with van der Waals surface area (Å²) in [5, 5.41) is 2.96. The number of hydrogen-bond acceptors (Lipinski definition) is 4. The molecule has 0 radical (unpaired) electrons. The Morgan fingerprint density at radius 1 is 1.15 bits per heavy atom. The lowest BCUT2D eigenvalue weighted by Gasteiger charge is -2.34. The highest BCUT2D eigenvalue weighted by Crippen LogP contribution is 2.32. The van der Waals surface area contributed by atoms with E-state index in [0.29, 0.717) is 12.5 Å². The number of hydrogen-bond donors (Lipinski definition) is 1. The number of piperidine rings is 1. The Kier molecular flexibility index (Phi) is 5.72. The summed E-state index contributed by atoms with van der Waals surface area (Å²) in [6.45, 7) is 5.48. The number of pyridine rings is 1. The number of urea groups is 1. The van der Waals surface area contributed by atoms with E-state index in [1.54, 1.807) is 6.26 Å². The van der Waals surface area contributed by atoms with Crippen LogP contribution >= 0.6 is 0 Å². The first-order chi connectivity index (χ1) is 13.3. The van der Waals surface area contributed by atoms with Gasteiger partial charge in [-0.1, -0.05) is 6.07 Å². The van der Waals surface area contributed by atoms with Gasteiger partial charge in [-0.05, 0) is 68.0 Å². The molecule has 2 aromatic heterocycles. The summed E-state index contributed by atoms with van der Waals surface area (Å²) in [4.78, 5) is 21.1. The van der Waals surface area contributed by atoms with Crippen molar-refractivity contribution in [1.29, 1.82) is 0 Å². The average molecular weight is 368 g/mol. The molecule has 0 spiro atoms. The number of nitrogens with one attached hydrogen (secondary N) is 1. The summed E-state index contributed by atoms with van der Waals surface area (Å²) in [7, 11) is 0. The molecule has 27 heavy (non-hydrogen) atoms. The Bertz CT molecular complexity index is 711. The van der Waals surface area contributed by atoms with Crippen molar-refractivity contribution in [3.05, 3.63) is 54.2 Å². The third-order valence-electron chi connectivity index (χ3n) is 5.93. The Hall–Kier alpha value is -2.34. The molecule has 2 aromatic rings. The maximum atomic E-state index is 12.4. The summed E-state index contributed by atoms with van der Waals surface area (Å²) in [5.41, 5.74) is 1.29. The van der Waals surface area contributed by atoms with Gasteiger partial charge in [0.15, 0.2) is 0 Å². The van der Waals surface area contributed by atoms with Crippen molar-refractivity contribution in [2.75, 3.05) is 26.2 Å². The second kappa shape index (κ2) is 8.57. The molecular weight excluding hydrogens is 340 g/mol. The molecule has 2 saturated heterocycles. The predicted molar refractivity (Wildman–Crippen MR) is 103 cm³/mol. The van der Waals surface area contributed by atoms with Crippen molar-refractivity contribution in [1.82, 2.24) is 20.1 Å². The lowest BCUT2D eigenvalue weighted by atomic mass is 9.83. The third-order valence-corrected chi connectivity index (χ3v) is 5.93. The summed E-state index contributed by atoms with van der Waals surface area (Å²) in [6, 6.07) is 7.91. The molecule has 2 fully saturated rings. The number of rotatable bonds is 5. The maximum Gasteiger partial charge on any atom is 0.317 e. The number of nitrogens with zero attached hydrogens (tertiary/aromatic N) is 3. The number of furan rings is 1. The van der Waals surface area contributed by atoms with Crippen molar-refractivity contribution < 1.29 is 9.21 Å². The normalized spacial score (nSPS) is 21.5. The van der Waals surface area contributed by atoms with E-state index in [-0.39, 0.29) is 6.03 Å². The Labute approximate surface area is 160 Å². The number of amides is 2. The van der Waals surface area contributed by atoms with Gasteiger partial charge in [-0.15, -0.1) is 0 Å². The van der Waals surface area contributed by atoms with Gasteiger partial charge < -0.3 is 14.6 Å². The zero-order valence-electron chi connectivity index (χ0n) is 15.7. The standard InChI is InChI=1S/C21H28N4O2/c26-21(23-14-20-4-2-12-27-20)25-11-7-19(16-25)18-5-9-24(10-6-18)15-17-3-1-8-22-13-17/h1-4,8,12-13,18-19H,5-7,9-11,14-16H2,(H,23,26). The molecule has 0 bridgehead atoms. The Morgan fingerprint density at radius 2 is 2.00 bits per heavy atom. The van der Waals surface area contributed by atoms with Gasteiger partial charge in [0, 0.05) is 32.0 Å². The molecule has 144 valence electrons. The molecule has 6 nitrogen and oxygen atoms in total. The smallest absolute Gasteiger partial charge is 0.317 e. The van der Waals surface area contributed by atoms with Crippen LogP contribution < -0.4 is 5.32 Å². The van der Waals surface area contributed by atoms with Crippen LogP contribution in [0.3, 0.4) is 0 Å². The monoisotopic (exact) mass is 368 g/mol. The molecule has 0 aromatic carbocycles. The van der Waals surface area contributed by atoms with Gasteiger partial charge in [0.1, 0.15) is 5.76 Å². The van der Waals surface area contributed by atoms with E-state index < -0.39 is 0 Å². The summed E-state index contributed by atoms with van der Waals surface area (Å²) < 4.78 is 5.27. The maximum absolute atomic E-state index is 12.4. The minimum Gasteiger partial charge on any atom is -0.467 e. The van der Waals surface area contributed by atoms with E-state index in [0.717, 1.165) is 50.8 Å². The van der Waals surface area contributed by atoms with Crippen LogP contribution in [0.2, 0.25) is 0 Å². The molecule has 4 rings (SSSR count). The Morgan fingerprint density at radius 3 is 2.74 bits per heavy atom. The molecule has 2 amide bonds. The van der Waals surface area contributed by atoms with E-state index in [9.17, 15) is 4.79 Å². The van der Waals surface area contributed by atoms with Gasteiger partial charge in [0.05, 0.1) is 12.8 Å². The lowest BCUT2D eigenvalue weighted by Crippen LogP contribution is -2.39. The van der Waals surface area contributed by atoms with Crippen LogP contribution in [0.1, 0.15) is 30.6 Å². The summed E-state index contributed by atoms with van der Waals surface area (Å²) >= 11 is 0. The largest absolute Gasteiger partial charge is 0.467 e. The fraction of sp³-hybridized carbons (Fsp3) is 0.524. The molecule has 4 heterocycles. The number of carbonyl (C=O) groups is 1. The van der Waals surface area contributed by atoms with Gasteiger partial charge in [0.25, 0.3) is 0 Å². The molecular formula is C21H28N4O2. The summed E-state index contributed by atoms with van der Waals surface area (Å²) in [6.07, 6.45) is 9.00. The van der Waals surface area contributed by atoms with Crippen LogP contribution in [0, 0.1) is 11.8 Å². The second-order valence-corrected chi connectivity index (χ2v) is 7.71. The van der Waals surface area contributed by atoms with Crippen molar-refractivity contribution >= 4 is 6.03 Å². The van der Waals surface area contributed by atoms with Crippen LogP contribution in [-0.4, -0.2) is 47.0 Å². The minimum absolute atomic E-state index is 0.0305. The second-order valence-electron chi connectivity index (χ2n) is 7.71. The molecule has 2 aliphatic heterocycles. The highest BCUT2D eigenvalue weighted by Gasteiger charge is 2.33. The Balaban J connectivity index is 1.20. The van der Waals surface area contributed by atoms with Gasteiger partial charge in [-0.25, -0.2) is 4.79 Å². The van der Waals surface area contributed by atoms with Crippen LogP contribution in [0.15, 0.2) is 47.3 Å². The van der Waals surface area contributed by atoms with Crippen LogP contribution in [0.5, 0.6) is 0 Å². The minimum atomic E-state index is 0.0305. The van der Waals surface area contributed by atoms with Crippen LogP contribution in [0.25, 0.3) is 0 Å².